The van der Waals surface area contributed by atoms with Crippen molar-refractivity contribution in [1.82, 2.24) is 10.1 Å². The number of hydrogen-bond acceptors (Lipinski definition) is 3. The van der Waals surface area contributed by atoms with Gasteiger partial charge >= 0.3 is 5.76 Å². The minimum atomic E-state index is -0.507. The van der Waals surface area contributed by atoms with E-state index in [-0.39, 0.29) is 0 Å². The predicted molar refractivity (Wildman–Crippen MR) is 51.1 cm³/mol. The van der Waals surface area contributed by atoms with Gasteiger partial charge in [0.25, 0.3) is 0 Å². The molecule has 0 saturated carbocycles. The topological polar surface area (TPSA) is 58.9 Å². The molecular formula is C10H10N2O2. The van der Waals surface area contributed by atoms with E-state index in [0.29, 0.717) is 12.2 Å². The van der Waals surface area contributed by atoms with Crippen LogP contribution in [0, 0.1) is 6.92 Å². The van der Waals surface area contributed by atoms with E-state index < -0.39 is 5.76 Å². The molecule has 0 saturated heterocycles. The molecule has 4 nitrogen and oxygen atoms in total. The Morgan fingerprint density at radius 1 is 1.50 bits per heavy atom. The highest BCUT2D eigenvalue weighted by Gasteiger charge is 2.01. The van der Waals surface area contributed by atoms with Gasteiger partial charge in [-0.2, -0.15) is 0 Å². The van der Waals surface area contributed by atoms with Crippen LogP contribution < -0.4 is 5.76 Å². The van der Waals surface area contributed by atoms with Gasteiger partial charge in [-0.25, -0.2) is 4.79 Å². The second-order valence-electron chi connectivity index (χ2n) is 3.21. The van der Waals surface area contributed by atoms with E-state index in [1.165, 1.54) is 5.56 Å². The second-order valence-corrected chi connectivity index (χ2v) is 3.21. The number of H-pyrrole nitrogens is 1. The highest BCUT2D eigenvalue weighted by Crippen LogP contribution is 2.06. The lowest BCUT2D eigenvalue weighted by Crippen LogP contribution is -1.98. The molecule has 1 N–H and O–H groups in total. The van der Waals surface area contributed by atoms with Gasteiger partial charge in [0.15, 0.2) is 5.82 Å². The number of nitrogens with one attached hydrogen (secondary N) is 1. The maximum Gasteiger partial charge on any atom is 0.438 e. The molecule has 0 aliphatic carbocycles. The smallest absolute Gasteiger partial charge is 0.296 e. The summed E-state index contributed by atoms with van der Waals surface area (Å²) in [5.41, 5.74) is 2.29. The number of rotatable bonds is 2. The van der Waals surface area contributed by atoms with Gasteiger partial charge in [-0.15, -0.1) is 0 Å². The monoisotopic (exact) mass is 190 g/mol. The van der Waals surface area contributed by atoms with Crippen molar-refractivity contribution in [3.05, 3.63) is 51.8 Å². The highest BCUT2D eigenvalue weighted by molar-refractivity contribution is 5.24. The summed E-state index contributed by atoms with van der Waals surface area (Å²) in [7, 11) is 0. The Kier molecular flexibility index (Phi) is 2.18. The Morgan fingerprint density at radius 2 is 2.36 bits per heavy atom. The van der Waals surface area contributed by atoms with Crippen LogP contribution in [0.15, 0.2) is 33.6 Å². The first-order valence-corrected chi connectivity index (χ1v) is 4.34. The molecule has 0 atom stereocenters. The Hall–Kier alpha value is -1.84. The van der Waals surface area contributed by atoms with Crippen molar-refractivity contribution in [3.8, 4) is 0 Å². The zero-order chi connectivity index (χ0) is 9.97. The fraction of sp³-hybridized carbons (Fsp3) is 0.200. The Bertz CT molecular complexity index is 485. The van der Waals surface area contributed by atoms with Crippen LogP contribution in [-0.2, 0) is 6.42 Å². The summed E-state index contributed by atoms with van der Waals surface area (Å²) < 4.78 is 4.41. The molecule has 1 aromatic heterocycles. The molecule has 0 spiro atoms. The quantitative estimate of drug-likeness (QED) is 0.775. The van der Waals surface area contributed by atoms with Crippen molar-refractivity contribution >= 4 is 0 Å². The molecular weight excluding hydrogens is 180 g/mol. The number of benzene rings is 1. The van der Waals surface area contributed by atoms with Crippen LogP contribution >= 0.6 is 0 Å². The molecule has 1 aromatic carbocycles. The fourth-order valence-corrected chi connectivity index (χ4v) is 1.35. The van der Waals surface area contributed by atoms with Crippen LogP contribution in [0.25, 0.3) is 0 Å². The molecule has 0 aliphatic heterocycles. The standard InChI is InChI=1S/C10H10N2O2/c1-7-3-2-4-8(5-7)6-9-11-10(13)14-12-9/h2-5H,6H2,1H3,(H,11,12,13). The summed E-state index contributed by atoms with van der Waals surface area (Å²) in [6, 6.07) is 8.03. The van der Waals surface area contributed by atoms with Gasteiger partial charge in [0.05, 0.1) is 0 Å². The first kappa shape index (κ1) is 8.74. The summed E-state index contributed by atoms with van der Waals surface area (Å²) in [4.78, 5) is 13.2. The minimum Gasteiger partial charge on any atom is -0.296 e. The summed E-state index contributed by atoms with van der Waals surface area (Å²) in [5, 5.41) is 3.60. The summed E-state index contributed by atoms with van der Waals surface area (Å²) in [6.45, 7) is 2.02. The van der Waals surface area contributed by atoms with Gasteiger partial charge in [-0.05, 0) is 12.5 Å². The molecule has 0 bridgehead atoms. The maximum atomic E-state index is 10.7. The molecule has 72 valence electrons. The van der Waals surface area contributed by atoms with Crippen molar-refractivity contribution < 1.29 is 4.52 Å². The Labute approximate surface area is 80.6 Å². The normalized spacial score (nSPS) is 10.4. The second kappa shape index (κ2) is 3.49. The maximum absolute atomic E-state index is 10.7. The van der Waals surface area contributed by atoms with Crippen LogP contribution in [0.5, 0.6) is 0 Å². The highest BCUT2D eigenvalue weighted by atomic mass is 16.5. The van der Waals surface area contributed by atoms with Gasteiger partial charge in [-0.1, -0.05) is 35.0 Å². The van der Waals surface area contributed by atoms with E-state index in [9.17, 15) is 4.79 Å². The number of aromatic nitrogens is 2. The Balaban J connectivity index is 2.22. The van der Waals surface area contributed by atoms with Crippen LogP contribution in [0.3, 0.4) is 0 Å². The van der Waals surface area contributed by atoms with E-state index in [2.05, 4.69) is 14.7 Å². The lowest BCUT2D eigenvalue weighted by molar-refractivity contribution is 0.382. The van der Waals surface area contributed by atoms with Gasteiger partial charge < -0.3 is 0 Å². The van der Waals surface area contributed by atoms with Crippen LogP contribution in [0.4, 0.5) is 0 Å². The van der Waals surface area contributed by atoms with Crippen molar-refractivity contribution in [2.24, 2.45) is 0 Å². The van der Waals surface area contributed by atoms with Gasteiger partial charge in [0.1, 0.15) is 0 Å². The third kappa shape index (κ3) is 1.90. The van der Waals surface area contributed by atoms with Crippen LogP contribution in [-0.4, -0.2) is 10.1 Å². The molecule has 14 heavy (non-hydrogen) atoms. The van der Waals surface area contributed by atoms with E-state index in [1.54, 1.807) is 0 Å². The molecule has 2 rings (SSSR count). The van der Waals surface area contributed by atoms with Gasteiger partial charge in [0, 0.05) is 6.42 Å². The van der Waals surface area contributed by atoms with Gasteiger partial charge in [-0.3, -0.25) is 9.51 Å². The summed E-state index contributed by atoms with van der Waals surface area (Å²) in [5.74, 6) is 0.0493. The Morgan fingerprint density at radius 3 is 3.00 bits per heavy atom. The molecule has 0 fully saturated rings. The van der Waals surface area contributed by atoms with Crippen molar-refractivity contribution in [2.75, 3.05) is 0 Å². The van der Waals surface area contributed by atoms with E-state index in [0.717, 1.165) is 5.56 Å². The first-order valence-electron chi connectivity index (χ1n) is 4.34. The molecule has 0 aliphatic rings. The average molecular weight is 190 g/mol. The average Bonchev–Trinajstić information content (AvgIpc) is 2.51. The molecule has 1 heterocycles. The molecule has 0 unspecified atom stereocenters. The minimum absolute atomic E-state index is 0.507. The third-order valence-corrected chi connectivity index (χ3v) is 1.94. The molecule has 0 radical (unpaired) electrons. The van der Waals surface area contributed by atoms with Crippen molar-refractivity contribution in [1.29, 1.82) is 0 Å². The van der Waals surface area contributed by atoms with Crippen molar-refractivity contribution in [3.63, 3.8) is 0 Å². The lowest BCUT2D eigenvalue weighted by Gasteiger charge is -1.97. The lowest BCUT2D eigenvalue weighted by atomic mass is 10.1. The molecule has 4 heteroatoms. The summed E-state index contributed by atoms with van der Waals surface area (Å²) in [6.07, 6.45) is 0.591. The van der Waals surface area contributed by atoms with Crippen molar-refractivity contribution in [2.45, 2.75) is 13.3 Å². The SMILES string of the molecule is Cc1cccc(Cc2noc(=O)[nH]2)c1. The molecule has 0 amide bonds. The number of aromatic amines is 1. The predicted octanol–water partition coefficient (Wildman–Crippen LogP) is 1.26. The summed E-state index contributed by atoms with van der Waals surface area (Å²) >= 11 is 0. The zero-order valence-corrected chi connectivity index (χ0v) is 7.78. The van der Waals surface area contributed by atoms with E-state index in [1.807, 2.05) is 31.2 Å². The number of nitrogens with zero attached hydrogens (tertiary/aromatic N) is 1. The number of aryl methyl sites for hydroxylation is 1. The van der Waals surface area contributed by atoms with E-state index in [4.69, 9.17) is 0 Å². The van der Waals surface area contributed by atoms with Crippen LogP contribution in [0.2, 0.25) is 0 Å². The first-order chi connectivity index (χ1) is 6.74. The number of hydrogen-bond donors (Lipinski definition) is 1. The zero-order valence-electron chi connectivity index (χ0n) is 7.78. The van der Waals surface area contributed by atoms with Gasteiger partial charge in [0.2, 0.25) is 0 Å². The fourth-order valence-electron chi connectivity index (χ4n) is 1.35. The largest absolute Gasteiger partial charge is 0.438 e. The molecule has 2 aromatic rings. The third-order valence-electron chi connectivity index (χ3n) is 1.94. The van der Waals surface area contributed by atoms with Crippen LogP contribution in [0.1, 0.15) is 17.0 Å². The van der Waals surface area contributed by atoms with E-state index >= 15 is 0 Å².